The third kappa shape index (κ3) is 2.57. The Morgan fingerprint density at radius 1 is 1.36 bits per heavy atom. The molecule has 0 saturated heterocycles. The Balaban J connectivity index is 1.80. The molecule has 1 fully saturated rings. The van der Waals surface area contributed by atoms with E-state index in [2.05, 4.69) is 15.6 Å². The molecule has 7 nitrogen and oxygen atoms in total. The average Bonchev–Trinajstić information content (AvgIpc) is 2.95. The first-order chi connectivity index (χ1) is 10.5. The molecule has 1 aromatic carbocycles. The Bertz CT molecular complexity index is 734. The van der Waals surface area contributed by atoms with Gasteiger partial charge in [-0.25, -0.2) is 9.48 Å². The molecule has 0 atom stereocenters. The summed E-state index contributed by atoms with van der Waals surface area (Å²) in [7, 11) is 0. The van der Waals surface area contributed by atoms with Crippen LogP contribution < -0.4 is 5.32 Å². The van der Waals surface area contributed by atoms with Crippen LogP contribution in [0.2, 0.25) is 0 Å². The largest absolute Gasteiger partial charge is 0.476 e. The fourth-order valence-corrected chi connectivity index (χ4v) is 2.43. The van der Waals surface area contributed by atoms with Gasteiger partial charge in [0.05, 0.1) is 11.9 Å². The van der Waals surface area contributed by atoms with E-state index in [1.165, 1.54) is 10.9 Å². The number of rotatable bonds is 4. The van der Waals surface area contributed by atoms with E-state index >= 15 is 0 Å². The van der Waals surface area contributed by atoms with Crippen molar-refractivity contribution in [2.75, 3.05) is 5.32 Å². The van der Waals surface area contributed by atoms with Crippen LogP contribution in [0.15, 0.2) is 30.5 Å². The Kier molecular flexibility index (Phi) is 3.40. The molecule has 1 aromatic heterocycles. The van der Waals surface area contributed by atoms with E-state index in [4.69, 9.17) is 5.11 Å². The molecule has 0 bridgehead atoms. The third-order valence-electron chi connectivity index (χ3n) is 4.09. The molecule has 22 heavy (non-hydrogen) atoms. The normalized spacial score (nSPS) is 15.9. The van der Waals surface area contributed by atoms with Crippen LogP contribution in [0.25, 0.3) is 5.69 Å². The molecule has 3 rings (SSSR count). The third-order valence-corrected chi connectivity index (χ3v) is 4.09. The van der Waals surface area contributed by atoms with Crippen molar-refractivity contribution in [3.63, 3.8) is 0 Å². The molecule has 0 aliphatic heterocycles. The van der Waals surface area contributed by atoms with E-state index in [0.717, 1.165) is 19.3 Å². The van der Waals surface area contributed by atoms with Crippen molar-refractivity contribution in [3.8, 4) is 5.69 Å². The molecular weight excluding hydrogens is 284 g/mol. The summed E-state index contributed by atoms with van der Waals surface area (Å²) >= 11 is 0. The van der Waals surface area contributed by atoms with Gasteiger partial charge < -0.3 is 10.4 Å². The Labute approximate surface area is 126 Å². The smallest absolute Gasteiger partial charge is 0.358 e. The lowest BCUT2D eigenvalue weighted by molar-refractivity contribution is -0.128. The van der Waals surface area contributed by atoms with E-state index in [1.807, 2.05) is 6.92 Å². The Hall–Kier alpha value is -2.70. The van der Waals surface area contributed by atoms with E-state index in [9.17, 15) is 9.59 Å². The molecule has 2 N–H and O–H groups in total. The van der Waals surface area contributed by atoms with Gasteiger partial charge in [-0.15, -0.1) is 5.10 Å². The van der Waals surface area contributed by atoms with E-state index < -0.39 is 5.97 Å². The number of hydrogen-bond donors (Lipinski definition) is 2. The molecule has 2 aromatic rings. The summed E-state index contributed by atoms with van der Waals surface area (Å²) in [5, 5.41) is 19.1. The van der Waals surface area contributed by atoms with Crippen molar-refractivity contribution < 1.29 is 14.7 Å². The first-order valence-corrected chi connectivity index (χ1v) is 7.05. The van der Waals surface area contributed by atoms with Crippen LogP contribution in [0.3, 0.4) is 0 Å². The molecule has 0 spiro atoms. The molecular formula is C15H16N4O3. The van der Waals surface area contributed by atoms with Crippen LogP contribution >= 0.6 is 0 Å². The number of aromatic carboxylic acids is 1. The lowest BCUT2D eigenvalue weighted by Crippen LogP contribution is -2.39. The summed E-state index contributed by atoms with van der Waals surface area (Å²) in [6, 6.07) is 7.07. The standard InChI is InChI=1S/C15H16N4O3/c1-15(6-3-7-15)14(22)16-10-4-2-5-11(8-10)19-9-12(13(20)21)17-18-19/h2,4-5,8-9H,3,6-7H2,1H3,(H,16,22)(H,20,21). The zero-order chi connectivity index (χ0) is 15.7. The van der Waals surface area contributed by atoms with E-state index in [1.54, 1.807) is 24.3 Å². The van der Waals surface area contributed by atoms with Crippen LogP contribution in [-0.2, 0) is 4.79 Å². The number of nitrogens with one attached hydrogen (secondary N) is 1. The molecule has 114 valence electrons. The van der Waals surface area contributed by atoms with Crippen LogP contribution in [0.5, 0.6) is 0 Å². The zero-order valence-electron chi connectivity index (χ0n) is 12.1. The number of benzene rings is 1. The molecule has 1 amide bonds. The number of carboxylic acid groups (broad SMARTS) is 1. The Morgan fingerprint density at radius 3 is 2.73 bits per heavy atom. The zero-order valence-corrected chi connectivity index (χ0v) is 12.1. The summed E-state index contributed by atoms with van der Waals surface area (Å²) in [6.07, 6.45) is 4.23. The lowest BCUT2D eigenvalue weighted by atomic mass is 9.70. The minimum Gasteiger partial charge on any atom is -0.476 e. The summed E-state index contributed by atoms with van der Waals surface area (Å²) in [5.41, 5.74) is 0.885. The van der Waals surface area contributed by atoms with Gasteiger partial charge in [0.15, 0.2) is 5.69 Å². The van der Waals surface area contributed by atoms with Gasteiger partial charge in [-0.1, -0.05) is 24.6 Å². The first-order valence-electron chi connectivity index (χ1n) is 7.05. The highest BCUT2D eigenvalue weighted by atomic mass is 16.4. The number of carbonyl (C=O) groups is 2. The highest BCUT2D eigenvalue weighted by Gasteiger charge is 2.39. The van der Waals surface area contributed by atoms with Crippen LogP contribution in [-0.4, -0.2) is 32.0 Å². The first kappa shape index (κ1) is 14.2. The van der Waals surface area contributed by atoms with Crippen molar-refractivity contribution in [3.05, 3.63) is 36.2 Å². The van der Waals surface area contributed by atoms with E-state index in [-0.39, 0.29) is 17.0 Å². The van der Waals surface area contributed by atoms with Crippen LogP contribution in [0.1, 0.15) is 36.7 Å². The van der Waals surface area contributed by atoms with Crippen LogP contribution in [0, 0.1) is 5.41 Å². The summed E-state index contributed by atoms with van der Waals surface area (Å²) in [4.78, 5) is 23.1. The second kappa shape index (κ2) is 5.25. The fourth-order valence-electron chi connectivity index (χ4n) is 2.43. The molecule has 0 unspecified atom stereocenters. The van der Waals surface area contributed by atoms with Gasteiger partial charge in [0, 0.05) is 11.1 Å². The van der Waals surface area contributed by atoms with E-state index in [0.29, 0.717) is 11.4 Å². The minimum absolute atomic E-state index is 0.0146. The van der Waals surface area contributed by atoms with Crippen molar-refractivity contribution >= 4 is 17.6 Å². The van der Waals surface area contributed by atoms with Crippen molar-refractivity contribution in [1.29, 1.82) is 0 Å². The topological polar surface area (TPSA) is 97.1 Å². The summed E-state index contributed by atoms with van der Waals surface area (Å²) < 4.78 is 1.37. The molecule has 1 saturated carbocycles. The predicted molar refractivity (Wildman–Crippen MR) is 78.9 cm³/mol. The second-order valence-corrected chi connectivity index (χ2v) is 5.77. The number of carbonyl (C=O) groups excluding carboxylic acids is 1. The maximum atomic E-state index is 12.2. The maximum absolute atomic E-state index is 12.2. The van der Waals surface area contributed by atoms with Gasteiger partial charge in [0.2, 0.25) is 5.91 Å². The van der Waals surface area contributed by atoms with Gasteiger partial charge in [-0.2, -0.15) is 0 Å². The number of amides is 1. The maximum Gasteiger partial charge on any atom is 0.358 e. The van der Waals surface area contributed by atoms with Gasteiger partial charge in [-0.05, 0) is 31.0 Å². The minimum atomic E-state index is -1.13. The molecule has 7 heteroatoms. The van der Waals surface area contributed by atoms with Gasteiger partial charge >= 0.3 is 5.97 Å². The highest BCUT2D eigenvalue weighted by molar-refractivity contribution is 5.95. The van der Waals surface area contributed by atoms with Gasteiger partial charge in [0.25, 0.3) is 0 Å². The van der Waals surface area contributed by atoms with Crippen molar-refractivity contribution in [2.24, 2.45) is 5.41 Å². The van der Waals surface area contributed by atoms with Gasteiger partial charge in [-0.3, -0.25) is 4.79 Å². The Morgan fingerprint density at radius 2 is 2.14 bits per heavy atom. The second-order valence-electron chi connectivity index (χ2n) is 5.77. The number of nitrogens with zero attached hydrogens (tertiary/aromatic N) is 3. The number of aromatic nitrogens is 3. The fraction of sp³-hybridized carbons (Fsp3) is 0.333. The van der Waals surface area contributed by atoms with Crippen molar-refractivity contribution in [2.45, 2.75) is 26.2 Å². The molecule has 1 aliphatic carbocycles. The quantitative estimate of drug-likeness (QED) is 0.901. The van der Waals surface area contributed by atoms with Crippen molar-refractivity contribution in [1.82, 2.24) is 15.0 Å². The number of anilines is 1. The predicted octanol–water partition coefficient (Wildman–Crippen LogP) is 2.09. The highest BCUT2D eigenvalue weighted by Crippen LogP contribution is 2.41. The number of carboxylic acids is 1. The monoisotopic (exact) mass is 300 g/mol. The molecule has 1 aliphatic rings. The van der Waals surface area contributed by atoms with Gasteiger partial charge in [0.1, 0.15) is 0 Å². The molecule has 0 radical (unpaired) electrons. The summed E-state index contributed by atoms with van der Waals surface area (Å²) in [5.74, 6) is -1.12. The summed E-state index contributed by atoms with van der Waals surface area (Å²) in [6.45, 7) is 1.96. The average molecular weight is 300 g/mol. The van der Waals surface area contributed by atoms with Crippen LogP contribution in [0.4, 0.5) is 5.69 Å². The lowest BCUT2D eigenvalue weighted by Gasteiger charge is -2.36. The number of hydrogen-bond acceptors (Lipinski definition) is 4. The SMILES string of the molecule is CC1(C(=O)Nc2cccc(-n3cc(C(=O)O)nn3)c2)CCC1. The molecule has 1 heterocycles.